The molecule has 1 saturated heterocycles. The van der Waals surface area contributed by atoms with Crippen LogP contribution in [-0.4, -0.2) is 52.0 Å². The number of hydrogen-bond acceptors (Lipinski definition) is 5. The van der Waals surface area contributed by atoms with E-state index in [1.165, 1.54) is 0 Å². The summed E-state index contributed by atoms with van der Waals surface area (Å²) in [5.74, 6) is 0.884. The lowest BCUT2D eigenvalue weighted by Crippen LogP contribution is -2.50. The van der Waals surface area contributed by atoms with Gasteiger partial charge in [0.05, 0.1) is 17.2 Å². The second-order valence-electron chi connectivity index (χ2n) is 7.10. The van der Waals surface area contributed by atoms with Crippen molar-refractivity contribution < 1.29 is 9.90 Å². The first kappa shape index (κ1) is 19.1. The smallest absolute Gasteiger partial charge is 0.239 e. The third kappa shape index (κ3) is 4.03. The molecule has 2 aromatic rings. The Kier molecular flexibility index (Phi) is 5.85. The molecule has 6 heteroatoms. The van der Waals surface area contributed by atoms with Crippen LogP contribution >= 0.6 is 11.8 Å². The van der Waals surface area contributed by atoms with Gasteiger partial charge in [0, 0.05) is 24.2 Å². The van der Waals surface area contributed by atoms with Gasteiger partial charge in [0.15, 0.2) is 0 Å². The Morgan fingerprint density at radius 3 is 2.77 bits per heavy atom. The van der Waals surface area contributed by atoms with Crippen LogP contribution in [0.3, 0.4) is 0 Å². The quantitative estimate of drug-likeness (QED) is 0.841. The molecule has 0 bridgehead atoms. The number of aliphatic hydroxyl groups is 1. The van der Waals surface area contributed by atoms with E-state index in [2.05, 4.69) is 4.98 Å². The molecule has 0 spiro atoms. The maximum absolute atomic E-state index is 12.5. The molecule has 5 nitrogen and oxygen atoms in total. The Labute approximate surface area is 159 Å². The summed E-state index contributed by atoms with van der Waals surface area (Å²) >= 11 is 1.70. The van der Waals surface area contributed by atoms with Crippen molar-refractivity contribution in [3.63, 3.8) is 0 Å². The van der Waals surface area contributed by atoms with Gasteiger partial charge in [0.2, 0.25) is 5.91 Å². The van der Waals surface area contributed by atoms with Crippen molar-refractivity contribution in [3.8, 4) is 0 Å². The summed E-state index contributed by atoms with van der Waals surface area (Å²) in [7, 11) is 0. The molecule has 2 heterocycles. The summed E-state index contributed by atoms with van der Waals surface area (Å²) < 4.78 is 0. The number of benzene rings is 1. The Morgan fingerprint density at radius 1 is 1.35 bits per heavy atom. The van der Waals surface area contributed by atoms with E-state index in [9.17, 15) is 9.90 Å². The first-order valence-corrected chi connectivity index (χ1v) is 10.5. The predicted molar refractivity (Wildman–Crippen MR) is 107 cm³/mol. The SMILES string of the molecule is CSCC[C@H](N)C(=O)N1CCC(O)(c2ccc3nc(C)ccc3c2)CC1. The molecule has 140 valence electrons. The highest BCUT2D eigenvalue weighted by atomic mass is 32.2. The molecule has 1 aliphatic heterocycles. The lowest BCUT2D eigenvalue weighted by molar-refractivity contribution is -0.137. The maximum Gasteiger partial charge on any atom is 0.239 e. The van der Waals surface area contributed by atoms with Crippen LogP contribution in [0.1, 0.15) is 30.5 Å². The molecule has 0 unspecified atom stereocenters. The van der Waals surface area contributed by atoms with Crippen LogP contribution in [0, 0.1) is 6.92 Å². The summed E-state index contributed by atoms with van der Waals surface area (Å²) in [5.41, 5.74) is 7.92. The number of aryl methyl sites for hydroxylation is 1. The number of nitrogens with zero attached hydrogens (tertiary/aromatic N) is 2. The number of amides is 1. The van der Waals surface area contributed by atoms with Crippen molar-refractivity contribution in [2.45, 2.75) is 37.8 Å². The van der Waals surface area contributed by atoms with E-state index < -0.39 is 11.6 Å². The number of hydrogen-bond donors (Lipinski definition) is 2. The minimum atomic E-state index is -0.904. The van der Waals surface area contributed by atoms with Crippen molar-refractivity contribution in [1.82, 2.24) is 9.88 Å². The van der Waals surface area contributed by atoms with Gasteiger partial charge in [-0.3, -0.25) is 9.78 Å². The van der Waals surface area contributed by atoms with E-state index in [0.29, 0.717) is 32.4 Å². The van der Waals surface area contributed by atoms with Gasteiger partial charge in [-0.15, -0.1) is 0 Å². The number of likely N-dealkylation sites (tertiary alicyclic amines) is 1. The number of fused-ring (bicyclic) bond motifs is 1. The third-order valence-electron chi connectivity index (χ3n) is 5.22. The van der Waals surface area contributed by atoms with E-state index in [4.69, 9.17) is 5.73 Å². The number of thioether (sulfide) groups is 1. The average Bonchev–Trinajstić information content (AvgIpc) is 2.65. The minimum absolute atomic E-state index is 0.000660. The zero-order valence-electron chi connectivity index (χ0n) is 15.4. The van der Waals surface area contributed by atoms with E-state index in [-0.39, 0.29) is 5.91 Å². The first-order valence-electron chi connectivity index (χ1n) is 9.06. The normalized spacial score (nSPS) is 18.1. The summed E-state index contributed by atoms with van der Waals surface area (Å²) in [4.78, 5) is 18.8. The molecule has 1 fully saturated rings. The van der Waals surface area contributed by atoms with Crippen LogP contribution in [-0.2, 0) is 10.4 Å². The zero-order chi connectivity index (χ0) is 18.7. The molecule has 3 N–H and O–H groups in total. The lowest BCUT2D eigenvalue weighted by Gasteiger charge is -2.39. The second-order valence-corrected chi connectivity index (χ2v) is 8.09. The fourth-order valence-electron chi connectivity index (χ4n) is 3.51. The zero-order valence-corrected chi connectivity index (χ0v) is 16.3. The van der Waals surface area contributed by atoms with E-state index in [1.807, 2.05) is 43.5 Å². The second kappa shape index (κ2) is 7.94. The van der Waals surface area contributed by atoms with Crippen molar-refractivity contribution in [2.75, 3.05) is 25.1 Å². The van der Waals surface area contributed by atoms with Gasteiger partial charge < -0.3 is 15.7 Å². The molecule has 1 aromatic heterocycles. The van der Waals surface area contributed by atoms with E-state index in [0.717, 1.165) is 27.9 Å². The number of carbonyl (C=O) groups excluding carboxylic acids is 1. The summed E-state index contributed by atoms with van der Waals surface area (Å²) in [5, 5.41) is 12.2. The molecule has 0 radical (unpaired) electrons. The summed E-state index contributed by atoms with van der Waals surface area (Å²) in [6.07, 6.45) is 3.76. The van der Waals surface area contributed by atoms with Crippen LogP contribution in [0.5, 0.6) is 0 Å². The molecule has 0 saturated carbocycles. The number of aromatic nitrogens is 1. The van der Waals surface area contributed by atoms with Crippen LogP contribution < -0.4 is 5.73 Å². The standard InChI is InChI=1S/C20H27N3O2S/c1-14-3-4-15-13-16(5-6-18(15)22-14)20(25)8-10-23(11-9-20)19(24)17(21)7-12-26-2/h3-6,13,17,25H,7-12,21H2,1-2H3/t17-/m0/s1. The lowest BCUT2D eigenvalue weighted by atomic mass is 9.83. The topological polar surface area (TPSA) is 79.5 Å². The number of rotatable bonds is 5. The fourth-order valence-corrected chi connectivity index (χ4v) is 4.00. The molecule has 1 amide bonds. The maximum atomic E-state index is 12.5. The largest absolute Gasteiger partial charge is 0.385 e. The molecule has 1 atom stereocenters. The Balaban J connectivity index is 1.69. The molecule has 26 heavy (non-hydrogen) atoms. The van der Waals surface area contributed by atoms with E-state index in [1.54, 1.807) is 16.7 Å². The monoisotopic (exact) mass is 373 g/mol. The molecule has 3 rings (SSSR count). The predicted octanol–water partition coefficient (Wildman–Crippen LogP) is 2.43. The van der Waals surface area contributed by atoms with Gasteiger partial charge >= 0.3 is 0 Å². The van der Waals surface area contributed by atoms with Crippen LogP contribution in [0.15, 0.2) is 30.3 Å². The number of pyridine rings is 1. The fraction of sp³-hybridized carbons (Fsp3) is 0.500. The van der Waals surface area contributed by atoms with Gasteiger partial charge in [-0.2, -0.15) is 11.8 Å². The molecule has 0 aliphatic carbocycles. The Hall–Kier alpha value is -1.63. The van der Waals surface area contributed by atoms with Crippen molar-refractivity contribution in [2.24, 2.45) is 5.73 Å². The van der Waals surface area contributed by atoms with E-state index >= 15 is 0 Å². The average molecular weight is 374 g/mol. The van der Waals surface area contributed by atoms with Crippen LogP contribution in [0.4, 0.5) is 0 Å². The molecular formula is C20H27N3O2S. The molecule has 1 aromatic carbocycles. The molecule has 1 aliphatic rings. The number of piperidine rings is 1. The highest BCUT2D eigenvalue weighted by Crippen LogP contribution is 2.34. The summed E-state index contributed by atoms with van der Waals surface area (Å²) in [6.45, 7) is 3.04. The van der Waals surface area contributed by atoms with Crippen molar-refractivity contribution in [3.05, 3.63) is 41.6 Å². The van der Waals surface area contributed by atoms with Crippen molar-refractivity contribution in [1.29, 1.82) is 0 Å². The summed E-state index contributed by atoms with van der Waals surface area (Å²) in [6, 6.07) is 9.51. The highest BCUT2D eigenvalue weighted by Gasteiger charge is 2.36. The minimum Gasteiger partial charge on any atom is -0.385 e. The Morgan fingerprint density at radius 2 is 2.08 bits per heavy atom. The molecular weight excluding hydrogens is 346 g/mol. The van der Waals surface area contributed by atoms with Gasteiger partial charge in [-0.1, -0.05) is 12.1 Å². The van der Waals surface area contributed by atoms with Crippen molar-refractivity contribution >= 4 is 28.6 Å². The van der Waals surface area contributed by atoms with Crippen LogP contribution in [0.2, 0.25) is 0 Å². The third-order valence-corrected chi connectivity index (χ3v) is 5.86. The highest BCUT2D eigenvalue weighted by molar-refractivity contribution is 7.98. The van der Waals surface area contributed by atoms with Gasteiger partial charge in [0.25, 0.3) is 0 Å². The van der Waals surface area contributed by atoms with Gasteiger partial charge in [0.1, 0.15) is 0 Å². The van der Waals surface area contributed by atoms with Gasteiger partial charge in [-0.05, 0) is 62.0 Å². The first-order chi connectivity index (χ1) is 12.4. The van der Waals surface area contributed by atoms with Gasteiger partial charge in [-0.25, -0.2) is 0 Å². The number of nitrogens with two attached hydrogens (primary N) is 1. The Bertz CT molecular complexity index is 788. The van der Waals surface area contributed by atoms with Crippen LogP contribution in [0.25, 0.3) is 10.9 Å². The number of carbonyl (C=O) groups is 1.